The lowest BCUT2D eigenvalue weighted by Crippen LogP contribution is -1.90. The molecule has 0 nitrogen and oxygen atoms in total. The standard InChI is InChI=1S/C11H19Br/c12-10-6-2-1-3-7-11-8-4-5-9-11/h8H,1-7,9-10H2. The normalized spacial score (nSPS) is 18.8. The molecule has 1 aliphatic rings. The molecule has 0 aliphatic heterocycles. The van der Waals surface area contributed by atoms with Gasteiger partial charge in [-0.2, -0.15) is 0 Å². The van der Waals surface area contributed by atoms with Crippen molar-refractivity contribution >= 4 is 15.9 Å². The molecule has 70 valence electrons. The van der Waals surface area contributed by atoms with Gasteiger partial charge in [0.25, 0.3) is 0 Å². The molecule has 0 bridgehead atoms. The van der Waals surface area contributed by atoms with E-state index >= 15 is 0 Å². The van der Waals surface area contributed by atoms with E-state index in [1.54, 1.807) is 5.92 Å². The molecule has 12 heavy (non-hydrogen) atoms. The monoisotopic (exact) mass is 230 g/mol. The number of rotatable bonds is 6. The molecule has 0 aromatic rings. The van der Waals surface area contributed by atoms with Crippen LogP contribution in [0.15, 0.2) is 0 Å². The van der Waals surface area contributed by atoms with Crippen molar-refractivity contribution in [3.8, 4) is 0 Å². The molecule has 1 fully saturated rings. The van der Waals surface area contributed by atoms with Gasteiger partial charge in [0.2, 0.25) is 0 Å². The Morgan fingerprint density at radius 2 is 2.00 bits per heavy atom. The van der Waals surface area contributed by atoms with Crippen molar-refractivity contribution in [2.24, 2.45) is 0 Å². The minimum atomic E-state index is 1.18. The number of unbranched alkanes of at least 4 members (excludes halogenated alkanes) is 3. The molecule has 0 aromatic heterocycles. The van der Waals surface area contributed by atoms with Crippen molar-refractivity contribution in [1.29, 1.82) is 0 Å². The largest absolute Gasteiger partial charge is 0.0928 e. The SMILES string of the molecule is BrCCCCCC[C]1[CH]CCC1. The first-order valence-corrected chi connectivity index (χ1v) is 6.29. The average molecular weight is 231 g/mol. The summed E-state index contributed by atoms with van der Waals surface area (Å²) in [6.07, 6.45) is 13.6. The highest BCUT2D eigenvalue weighted by Crippen LogP contribution is 2.30. The van der Waals surface area contributed by atoms with Crippen LogP contribution in [0.2, 0.25) is 0 Å². The zero-order chi connectivity index (χ0) is 8.65. The van der Waals surface area contributed by atoms with Gasteiger partial charge in [-0.05, 0) is 38.0 Å². The van der Waals surface area contributed by atoms with Crippen LogP contribution in [-0.2, 0) is 0 Å². The van der Waals surface area contributed by atoms with Crippen molar-refractivity contribution in [1.82, 2.24) is 0 Å². The van der Waals surface area contributed by atoms with Crippen molar-refractivity contribution in [2.45, 2.75) is 51.4 Å². The Morgan fingerprint density at radius 1 is 1.17 bits per heavy atom. The van der Waals surface area contributed by atoms with Gasteiger partial charge in [0.1, 0.15) is 0 Å². The first-order valence-electron chi connectivity index (χ1n) is 5.17. The van der Waals surface area contributed by atoms with Gasteiger partial charge in [-0.15, -0.1) is 0 Å². The van der Waals surface area contributed by atoms with Crippen LogP contribution in [0, 0.1) is 12.3 Å². The Hall–Kier alpha value is 0.480. The third kappa shape index (κ3) is 4.49. The zero-order valence-corrected chi connectivity index (χ0v) is 9.41. The summed E-state index contributed by atoms with van der Waals surface area (Å²) in [5.74, 6) is 1.73. The summed E-state index contributed by atoms with van der Waals surface area (Å²) in [6.45, 7) is 0. The van der Waals surface area contributed by atoms with Gasteiger partial charge in [0.15, 0.2) is 0 Å². The number of halogens is 1. The molecule has 1 heteroatoms. The molecular weight excluding hydrogens is 212 g/mol. The Bertz CT molecular complexity index is 95.2. The van der Waals surface area contributed by atoms with Crippen LogP contribution < -0.4 is 0 Å². The minimum absolute atomic E-state index is 1.18. The van der Waals surface area contributed by atoms with Crippen LogP contribution in [0.4, 0.5) is 0 Å². The summed E-state index contributed by atoms with van der Waals surface area (Å²) in [7, 11) is 0. The lowest BCUT2D eigenvalue weighted by Gasteiger charge is -2.06. The molecule has 0 aromatic carbocycles. The maximum absolute atomic E-state index is 3.46. The predicted octanol–water partition coefficient (Wildman–Crippen LogP) is 4.29. The van der Waals surface area contributed by atoms with Gasteiger partial charge >= 0.3 is 0 Å². The first-order chi connectivity index (χ1) is 5.93. The van der Waals surface area contributed by atoms with Gasteiger partial charge in [0.05, 0.1) is 0 Å². The molecule has 2 radical (unpaired) electrons. The maximum Gasteiger partial charge on any atom is 0.00313 e. The molecule has 0 N–H and O–H groups in total. The van der Waals surface area contributed by atoms with Crippen LogP contribution in [0.3, 0.4) is 0 Å². The van der Waals surface area contributed by atoms with E-state index < -0.39 is 0 Å². The van der Waals surface area contributed by atoms with E-state index in [9.17, 15) is 0 Å². The summed E-state index contributed by atoms with van der Waals surface area (Å²) < 4.78 is 0. The van der Waals surface area contributed by atoms with Crippen molar-refractivity contribution in [3.05, 3.63) is 12.3 Å². The minimum Gasteiger partial charge on any atom is -0.0928 e. The summed E-state index contributed by atoms with van der Waals surface area (Å²) in [5, 5.41) is 1.18. The summed E-state index contributed by atoms with van der Waals surface area (Å²) >= 11 is 3.46. The van der Waals surface area contributed by atoms with E-state index in [2.05, 4.69) is 22.4 Å². The Kier molecular flexibility index (Phi) is 6.11. The molecule has 0 unspecified atom stereocenters. The van der Waals surface area contributed by atoms with Crippen molar-refractivity contribution < 1.29 is 0 Å². The van der Waals surface area contributed by atoms with Crippen molar-refractivity contribution in [3.63, 3.8) is 0 Å². The molecular formula is C11H19Br. The molecule has 0 spiro atoms. The second-order valence-corrected chi connectivity index (χ2v) is 4.40. The second kappa shape index (κ2) is 6.94. The summed E-state index contributed by atoms with van der Waals surface area (Å²) in [4.78, 5) is 0. The Labute approximate surface area is 85.3 Å². The molecule has 0 amide bonds. The Morgan fingerprint density at radius 3 is 2.67 bits per heavy atom. The molecule has 1 aliphatic carbocycles. The average Bonchev–Trinajstić information content (AvgIpc) is 2.57. The predicted molar refractivity (Wildman–Crippen MR) is 58.3 cm³/mol. The van der Waals surface area contributed by atoms with Gasteiger partial charge < -0.3 is 0 Å². The van der Waals surface area contributed by atoms with Crippen molar-refractivity contribution in [2.75, 3.05) is 5.33 Å². The summed E-state index contributed by atoms with van der Waals surface area (Å²) in [6, 6.07) is 0. The molecule has 0 heterocycles. The highest BCUT2D eigenvalue weighted by molar-refractivity contribution is 9.09. The van der Waals surface area contributed by atoms with E-state index in [0.717, 1.165) is 0 Å². The maximum atomic E-state index is 3.46. The van der Waals surface area contributed by atoms with Crippen LogP contribution in [0.1, 0.15) is 51.4 Å². The molecule has 0 atom stereocenters. The smallest absolute Gasteiger partial charge is 0.00313 e. The first kappa shape index (κ1) is 10.6. The quantitative estimate of drug-likeness (QED) is 0.472. The Balaban J connectivity index is 1.81. The fourth-order valence-corrected chi connectivity index (χ4v) is 2.16. The van der Waals surface area contributed by atoms with Gasteiger partial charge in [-0.1, -0.05) is 41.6 Å². The fraction of sp³-hybridized carbons (Fsp3) is 0.818. The van der Waals surface area contributed by atoms with Crippen LogP contribution >= 0.6 is 15.9 Å². The third-order valence-corrected chi connectivity index (χ3v) is 3.08. The third-order valence-electron chi connectivity index (χ3n) is 2.52. The van der Waals surface area contributed by atoms with E-state index in [4.69, 9.17) is 0 Å². The summed E-state index contributed by atoms with van der Waals surface area (Å²) in [5.41, 5.74) is 0. The fourth-order valence-electron chi connectivity index (χ4n) is 1.76. The number of hydrogen-bond donors (Lipinski definition) is 0. The van der Waals surface area contributed by atoms with E-state index in [0.29, 0.717) is 0 Å². The second-order valence-electron chi connectivity index (χ2n) is 3.61. The van der Waals surface area contributed by atoms with E-state index in [1.807, 2.05) is 0 Å². The van der Waals surface area contributed by atoms with Crippen LogP contribution in [0.5, 0.6) is 0 Å². The lowest BCUT2D eigenvalue weighted by molar-refractivity contribution is 0.639. The zero-order valence-electron chi connectivity index (χ0n) is 7.82. The van der Waals surface area contributed by atoms with Gasteiger partial charge in [0, 0.05) is 5.33 Å². The molecule has 1 rings (SSSR count). The van der Waals surface area contributed by atoms with Gasteiger partial charge in [-0.3, -0.25) is 0 Å². The van der Waals surface area contributed by atoms with E-state index in [1.165, 1.54) is 56.7 Å². The van der Waals surface area contributed by atoms with Crippen LogP contribution in [0.25, 0.3) is 0 Å². The number of alkyl halides is 1. The lowest BCUT2D eigenvalue weighted by atomic mass is 10.00. The topological polar surface area (TPSA) is 0 Å². The molecule has 1 saturated carbocycles. The van der Waals surface area contributed by atoms with E-state index in [-0.39, 0.29) is 0 Å². The number of hydrogen-bond acceptors (Lipinski definition) is 0. The highest BCUT2D eigenvalue weighted by atomic mass is 79.9. The van der Waals surface area contributed by atoms with Gasteiger partial charge in [-0.25, -0.2) is 0 Å². The highest BCUT2D eigenvalue weighted by Gasteiger charge is 2.14. The van der Waals surface area contributed by atoms with Crippen LogP contribution in [-0.4, -0.2) is 5.33 Å². The molecule has 0 saturated heterocycles.